The quantitative estimate of drug-likeness (QED) is 0.567. The van der Waals surface area contributed by atoms with Crippen LogP contribution in [0.15, 0.2) is 60.7 Å². The van der Waals surface area contributed by atoms with Crippen LogP contribution in [0.4, 0.5) is 4.79 Å². The van der Waals surface area contributed by atoms with Crippen LogP contribution in [-0.4, -0.2) is 37.1 Å². The van der Waals surface area contributed by atoms with Gasteiger partial charge in [0.15, 0.2) is 0 Å². The lowest BCUT2D eigenvalue weighted by Crippen LogP contribution is -2.53. The fourth-order valence-corrected chi connectivity index (χ4v) is 2.79. The molecule has 0 aromatic heterocycles. The molecule has 166 valence electrons. The van der Waals surface area contributed by atoms with Gasteiger partial charge in [-0.3, -0.25) is 4.79 Å². The Bertz CT molecular complexity index is 927. The number of methoxy groups -OCH3 is 1. The molecule has 2 rings (SSSR count). The number of nitrogens with one attached hydrogen (secondary N) is 2. The second kappa shape index (κ2) is 12.4. The van der Waals surface area contributed by atoms with E-state index in [0.29, 0.717) is 0 Å². The zero-order valence-corrected chi connectivity index (χ0v) is 18.0. The van der Waals surface area contributed by atoms with Crippen LogP contribution in [0.1, 0.15) is 34.1 Å². The highest BCUT2D eigenvalue weighted by Crippen LogP contribution is 2.09. The average Bonchev–Trinajstić information content (AvgIpc) is 2.82. The van der Waals surface area contributed by atoms with E-state index < -0.39 is 42.3 Å². The first kappa shape index (κ1) is 20.9. The van der Waals surface area contributed by atoms with Crippen molar-refractivity contribution in [1.82, 2.24) is 10.6 Å². The van der Waals surface area contributed by atoms with Crippen molar-refractivity contribution in [3.8, 4) is 0 Å². The molecule has 0 spiro atoms. The van der Waals surface area contributed by atoms with Gasteiger partial charge in [-0.1, -0.05) is 74.5 Å². The predicted octanol–water partition coefficient (Wildman–Crippen LogP) is 3.23. The van der Waals surface area contributed by atoms with Gasteiger partial charge in [0.25, 0.3) is 0 Å². The normalized spacial score (nSPS) is 15.5. The smallest absolute Gasteiger partial charge is 0.408 e. The number of amides is 2. The lowest BCUT2D eigenvalue weighted by Gasteiger charge is -2.23. The molecule has 0 aliphatic rings. The summed E-state index contributed by atoms with van der Waals surface area (Å²) in [6.45, 7) is 3.34. The Morgan fingerprint density at radius 3 is 2.10 bits per heavy atom. The summed E-state index contributed by atoms with van der Waals surface area (Å²) in [5.74, 6) is -2.28. The van der Waals surface area contributed by atoms with Crippen LogP contribution < -0.4 is 10.6 Å². The molecule has 2 amide bonds. The summed E-state index contributed by atoms with van der Waals surface area (Å²) >= 11 is 0. The zero-order valence-electron chi connectivity index (χ0n) is 20.0. The van der Waals surface area contributed by atoms with Gasteiger partial charge in [-0.15, -0.1) is 0 Å². The van der Waals surface area contributed by atoms with Crippen molar-refractivity contribution >= 4 is 18.0 Å². The number of ether oxygens (including phenoxy) is 2. The molecule has 0 fully saturated rings. The molecule has 2 N–H and O–H groups in total. The third-order valence-corrected chi connectivity index (χ3v) is 4.27. The fourth-order valence-electron chi connectivity index (χ4n) is 2.79. The average molecular weight is 429 g/mol. The summed E-state index contributed by atoms with van der Waals surface area (Å²) in [5, 5.41) is 4.83. The Labute approximate surface area is 185 Å². The van der Waals surface area contributed by atoms with Gasteiger partial charge >= 0.3 is 12.1 Å². The molecule has 0 saturated carbocycles. The third kappa shape index (κ3) is 8.50. The lowest BCUT2D eigenvalue weighted by atomic mass is 10.0. The number of carbonyl (C=O) groups excluding carboxylic acids is 3. The standard InChI is InChI=1S/C24H30N2O5/c1-17(2)14-21(23(28)30-3)25-22(27)20(15-18-10-6-4-7-11-18)26-24(29)31-16-19-12-8-5-9-13-19/h4-13,17,20-21H,14-16H2,1-3H3,(H,25,27)(H,26,29)/t20-,21+/m0/s1/i14D,21D/t14-,20+,21-/m1. The number of esters is 1. The molecule has 0 heterocycles. The van der Waals surface area contributed by atoms with Gasteiger partial charge in [0.05, 0.1) is 8.48 Å². The molecule has 0 aliphatic carbocycles. The van der Waals surface area contributed by atoms with Crippen molar-refractivity contribution in [1.29, 1.82) is 0 Å². The van der Waals surface area contributed by atoms with Crippen LogP contribution in [0.2, 0.25) is 0 Å². The molecule has 0 aliphatic heterocycles. The third-order valence-electron chi connectivity index (χ3n) is 4.27. The van der Waals surface area contributed by atoms with Gasteiger partial charge in [0.2, 0.25) is 5.91 Å². The molecular formula is C24H30N2O5. The van der Waals surface area contributed by atoms with Crippen LogP contribution in [0.3, 0.4) is 0 Å². The van der Waals surface area contributed by atoms with Crippen LogP contribution >= 0.6 is 0 Å². The highest BCUT2D eigenvalue weighted by molar-refractivity contribution is 5.89. The van der Waals surface area contributed by atoms with E-state index in [1.54, 1.807) is 50.2 Å². The van der Waals surface area contributed by atoms with Crippen molar-refractivity contribution in [3.05, 3.63) is 71.8 Å². The van der Waals surface area contributed by atoms with Crippen molar-refractivity contribution in [2.24, 2.45) is 5.92 Å². The van der Waals surface area contributed by atoms with E-state index in [9.17, 15) is 14.4 Å². The molecule has 7 heteroatoms. The first-order chi connectivity index (χ1) is 15.7. The number of rotatable bonds is 10. The minimum atomic E-state index is -2.34. The van der Waals surface area contributed by atoms with E-state index >= 15 is 0 Å². The van der Waals surface area contributed by atoms with Crippen molar-refractivity contribution < 1.29 is 26.6 Å². The SMILES string of the molecule is [2H][C@H](C(C)C)[C@@]([2H])(NC(=O)[C@H](Cc1ccccc1)NC(=O)OCc1ccccc1)C(=O)OC. The molecule has 3 atom stereocenters. The fraction of sp³-hybridized carbons (Fsp3) is 0.375. The topological polar surface area (TPSA) is 93.7 Å². The van der Waals surface area contributed by atoms with E-state index in [4.69, 9.17) is 7.48 Å². The molecule has 0 bridgehead atoms. The molecule has 0 unspecified atom stereocenters. The molecule has 2 aromatic rings. The maximum atomic E-state index is 13.1. The summed E-state index contributed by atoms with van der Waals surface area (Å²) in [7, 11) is 1.09. The monoisotopic (exact) mass is 428 g/mol. The predicted molar refractivity (Wildman–Crippen MR) is 117 cm³/mol. The lowest BCUT2D eigenvalue weighted by molar-refractivity contribution is -0.145. The Morgan fingerprint density at radius 2 is 1.55 bits per heavy atom. The zero-order chi connectivity index (χ0) is 24.4. The van der Waals surface area contributed by atoms with Gasteiger partial charge in [0.1, 0.15) is 18.7 Å². The molecule has 0 radical (unpaired) electrons. The van der Waals surface area contributed by atoms with E-state index in [1.165, 1.54) is 0 Å². The number of alkyl carbamates (subject to hydrolysis) is 1. The first-order valence-electron chi connectivity index (χ1n) is 11.1. The molecular weight excluding hydrogens is 396 g/mol. The van der Waals surface area contributed by atoms with Gasteiger partial charge in [-0.25, -0.2) is 9.59 Å². The number of hydrogen-bond acceptors (Lipinski definition) is 5. The van der Waals surface area contributed by atoms with Crippen LogP contribution in [0.5, 0.6) is 0 Å². The van der Waals surface area contributed by atoms with Crippen LogP contribution in [0.25, 0.3) is 0 Å². The van der Waals surface area contributed by atoms with Crippen molar-refractivity contribution in [3.63, 3.8) is 0 Å². The van der Waals surface area contributed by atoms with Gasteiger partial charge in [0, 0.05) is 7.79 Å². The minimum absolute atomic E-state index is 0.0129. The van der Waals surface area contributed by atoms with Crippen molar-refractivity contribution in [2.75, 3.05) is 7.11 Å². The summed E-state index contributed by atoms with van der Waals surface area (Å²) in [6.07, 6.45) is -2.03. The molecule has 0 saturated heterocycles. The van der Waals surface area contributed by atoms with E-state index in [-0.39, 0.29) is 13.0 Å². The Balaban J connectivity index is 2.19. The number of carbonyl (C=O) groups is 3. The summed E-state index contributed by atoms with van der Waals surface area (Å²) in [6, 6.07) is 14.5. The Kier molecular flexibility index (Phi) is 8.34. The molecule has 2 aromatic carbocycles. The van der Waals surface area contributed by atoms with Crippen molar-refractivity contribution in [2.45, 2.75) is 45.3 Å². The summed E-state index contributed by atoms with van der Waals surface area (Å²) in [4.78, 5) is 37.9. The molecule has 7 nitrogen and oxygen atoms in total. The summed E-state index contributed by atoms with van der Waals surface area (Å²) in [5.41, 5.74) is 1.53. The number of benzene rings is 2. The maximum Gasteiger partial charge on any atom is 0.408 e. The second-order valence-corrected chi connectivity index (χ2v) is 7.25. The van der Waals surface area contributed by atoms with E-state index in [1.807, 2.05) is 24.3 Å². The largest absolute Gasteiger partial charge is 0.467 e. The molecule has 31 heavy (non-hydrogen) atoms. The first-order valence-corrected chi connectivity index (χ1v) is 10.0. The van der Waals surface area contributed by atoms with Gasteiger partial charge in [-0.05, 0) is 23.4 Å². The Hall–Kier alpha value is -3.35. The highest BCUT2D eigenvalue weighted by atomic mass is 16.5. The maximum absolute atomic E-state index is 13.1. The van der Waals surface area contributed by atoms with Gasteiger partial charge < -0.3 is 20.1 Å². The van der Waals surface area contributed by atoms with Gasteiger partial charge in [-0.2, -0.15) is 0 Å². The Morgan fingerprint density at radius 1 is 0.968 bits per heavy atom. The van der Waals surface area contributed by atoms with E-state index in [0.717, 1.165) is 18.2 Å². The second-order valence-electron chi connectivity index (χ2n) is 7.25. The number of hydrogen-bond donors (Lipinski definition) is 2. The van der Waals surface area contributed by atoms with Crippen LogP contribution in [-0.2, 0) is 32.1 Å². The highest BCUT2D eigenvalue weighted by Gasteiger charge is 2.28. The van der Waals surface area contributed by atoms with Crippen LogP contribution in [0, 0.1) is 5.92 Å². The minimum Gasteiger partial charge on any atom is -0.467 e. The summed E-state index contributed by atoms with van der Waals surface area (Å²) < 4.78 is 26.7. The van der Waals surface area contributed by atoms with E-state index in [2.05, 4.69) is 15.4 Å².